The number of hydrogen-bond donors (Lipinski definition) is 2. The maximum Gasteiger partial charge on any atom is 0.224 e. The number of benzene rings is 1. The van der Waals surface area contributed by atoms with E-state index >= 15 is 0 Å². The summed E-state index contributed by atoms with van der Waals surface area (Å²) >= 11 is 0. The summed E-state index contributed by atoms with van der Waals surface area (Å²) in [5.41, 5.74) is 4.78. The van der Waals surface area contributed by atoms with Crippen LogP contribution in [0.4, 0.5) is 11.4 Å². The zero-order chi connectivity index (χ0) is 12.5. The summed E-state index contributed by atoms with van der Waals surface area (Å²) in [6.45, 7) is 6.30. The fourth-order valence-electron chi connectivity index (χ4n) is 2.77. The molecule has 0 aromatic heterocycles. The molecular formula is C14H20BrN3O. The number of halogens is 1. The minimum absolute atomic E-state index is 0. The first kappa shape index (κ1) is 14.3. The van der Waals surface area contributed by atoms with Gasteiger partial charge in [-0.25, -0.2) is 0 Å². The molecule has 2 N–H and O–H groups in total. The molecule has 5 heteroatoms. The van der Waals surface area contributed by atoms with Gasteiger partial charge in [0.1, 0.15) is 0 Å². The van der Waals surface area contributed by atoms with Gasteiger partial charge in [0.25, 0.3) is 0 Å². The second kappa shape index (κ2) is 5.92. The van der Waals surface area contributed by atoms with Gasteiger partial charge in [0.2, 0.25) is 5.91 Å². The number of carbonyl (C=O) groups is 1. The third kappa shape index (κ3) is 2.92. The molecule has 0 bridgehead atoms. The summed E-state index contributed by atoms with van der Waals surface area (Å²) in [7, 11) is 0. The normalized spacial score (nSPS) is 18.4. The Bertz CT molecular complexity index is 484. The van der Waals surface area contributed by atoms with E-state index in [1.54, 1.807) is 0 Å². The monoisotopic (exact) mass is 325 g/mol. The highest BCUT2D eigenvalue weighted by Gasteiger charge is 2.19. The first-order chi connectivity index (χ1) is 8.74. The lowest BCUT2D eigenvalue weighted by molar-refractivity contribution is -0.116. The lowest BCUT2D eigenvalue weighted by Crippen LogP contribution is -2.43. The van der Waals surface area contributed by atoms with Gasteiger partial charge in [0.05, 0.1) is 0 Å². The Labute approximate surface area is 124 Å². The lowest BCUT2D eigenvalue weighted by Gasteiger charge is -2.31. The number of hydrogen-bond acceptors (Lipinski definition) is 3. The maximum atomic E-state index is 11.4. The molecule has 2 heterocycles. The molecule has 2 aliphatic heterocycles. The van der Waals surface area contributed by atoms with E-state index < -0.39 is 0 Å². The molecule has 19 heavy (non-hydrogen) atoms. The molecule has 1 saturated heterocycles. The van der Waals surface area contributed by atoms with Crippen molar-refractivity contribution < 1.29 is 4.79 Å². The number of aryl methyl sites for hydroxylation is 2. The molecule has 1 fully saturated rings. The van der Waals surface area contributed by atoms with E-state index in [-0.39, 0.29) is 22.9 Å². The van der Waals surface area contributed by atoms with E-state index in [0.717, 1.165) is 38.3 Å². The van der Waals surface area contributed by atoms with Crippen molar-refractivity contribution in [2.45, 2.75) is 19.8 Å². The van der Waals surface area contributed by atoms with E-state index in [1.165, 1.54) is 16.8 Å². The Morgan fingerprint density at radius 3 is 2.63 bits per heavy atom. The third-order valence-electron chi connectivity index (χ3n) is 3.77. The van der Waals surface area contributed by atoms with Crippen molar-refractivity contribution in [1.82, 2.24) is 5.32 Å². The van der Waals surface area contributed by atoms with Crippen molar-refractivity contribution in [3.63, 3.8) is 0 Å². The van der Waals surface area contributed by atoms with E-state index in [9.17, 15) is 4.79 Å². The third-order valence-corrected chi connectivity index (χ3v) is 3.77. The van der Waals surface area contributed by atoms with Gasteiger partial charge in [-0.3, -0.25) is 4.79 Å². The zero-order valence-electron chi connectivity index (χ0n) is 11.2. The first-order valence-corrected chi connectivity index (χ1v) is 6.63. The van der Waals surface area contributed by atoms with Gasteiger partial charge in [0.15, 0.2) is 0 Å². The van der Waals surface area contributed by atoms with Crippen LogP contribution in [0.5, 0.6) is 0 Å². The topological polar surface area (TPSA) is 44.4 Å². The number of anilines is 2. The number of nitrogens with one attached hydrogen (secondary N) is 2. The van der Waals surface area contributed by atoms with E-state index in [1.807, 2.05) is 0 Å². The zero-order valence-corrected chi connectivity index (χ0v) is 12.9. The number of amides is 1. The standard InChI is InChI=1S/C14H19N3O.BrH/c1-10-8-12(17-6-4-15-5-7-17)9-11-2-3-13(18)16-14(10)11;/h8-9,15H,2-7H2,1H3,(H,16,18);1H. The number of rotatable bonds is 1. The van der Waals surface area contributed by atoms with E-state index in [2.05, 4.69) is 34.6 Å². The van der Waals surface area contributed by atoms with Crippen molar-refractivity contribution in [2.24, 2.45) is 0 Å². The second-order valence-corrected chi connectivity index (χ2v) is 5.08. The molecule has 2 aliphatic rings. The Morgan fingerprint density at radius 1 is 1.16 bits per heavy atom. The molecule has 0 unspecified atom stereocenters. The summed E-state index contributed by atoms with van der Waals surface area (Å²) in [5.74, 6) is 0.139. The van der Waals surface area contributed by atoms with Crippen molar-refractivity contribution in [3.05, 3.63) is 23.3 Å². The SMILES string of the molecule is Br.Cc1cc(N2CCNCC2)cc2c1NC(=O)CC2. The minimum Gasteiger partial charge on any atom is -0.369 e. The molecule has 1 amide bonds. The molecule has 0 spiro atoms. The largest absolute Gasteiger partial charge is 0.369 e. The van der Waals surface area contributed by atoms with Crippen LogP contribution in [0.15, 0.2) is 12.1 Å². The Hall–Kier alpha value is -1.07. The molecule has 4 nitrogen and oxygen atoms in total. The Balaban J connectivity index is 0.00000133. The summed E-state index contributed by atoms with van der Waals surface area (Å²) in [6, 6.07) is 4.43. The van der Waals surface area contributed by atoms with Crippen LogP contribution >= 0.6 is 17.0 Å². The van der Waals surface area contributed by atoms with Crippen LogP contribution in [0, 0.1) is 6.92 Å². The van der Waals surface area contributed by atoms with Gasteiger partial charge in [-0.2, -0.15) is 0 Å². The molecule has 1 aromatic rings. The molecule has 0 saturated carbocycles. The van der Waals surface area contributed by atoms with Gasteiger partial charge in [-0.15, -0.1) is 17.0 Å². The van der Waals surface area contributed by atoms with Crippen LogP contribution < -0.4 is 15.5 Å². The highest BCUT2D eigenvalue weighted by molar-refractivity contribution is 8.93. The Kier molecular flexibility index (Phi) is 4.47. The predicted molar refractivity (Wildman–Crippen MR) is 83.5 cm³/mol. The van der Waals surface area contributed by atoms with Gasteiger partial charge >= 0.3 is 0 Å². The quantitative estimate of drug-likeness (QED) is 0.828. The van der Waals surface area contributed by atoms with E-state index in [4.69, 9.17) is 0 Å². The molecule has 104 valence electrons. The van der Waals surface area contributed by atoms with Crippen LogP contribution in [0.25, 0.3) is 0 Å². The van der Waals surface area contributed by atoms with Crippen molar-refractivity contribution in [3.8, 4) is 0 Å². The fraction of sp³-hybridized carbons (Fsp3) is 0.500. The van der Waals surface area contributed by atoms with Crippen LogP contribution in [0.3, 0.4) is 0 Å². The highest BCUT2D eigenvalue weighted by Crippen LogP contribution is 2.31. The van der Waals surface area contributed by atoms with Crippen molar-refractivity contribution >= 4 is 34.3 Å². The summed E-state index contributed by atoms with van der Waals surface area (Å²) < 4.78 is 0. The minimum atomic E-state index is 0. The predicted octanol–water partition coefficient (Wildman–Crippen LogP) is 1.87. The molecule has 0 atom stereocenters. The van der Waals surface area contributed by atoms with Gasteiger partial charge in [-0.05, 0) is 36.6 Å². The molecule has 0 radical (unpaired) electrons. The maximum absolute atomic E-state index is 11.4. The summed E-state index contributed by atoms with van der Waals surface area (Å²) in [6.07, 6.45) is 1.47. The van der Waals surface area contributed by atoms with Crippen LogP contribution in [-0.4, -0.2) is 32.1 Å². The summed E-state index contributed by atoms with van der Waals surface area (Å²) in [4.78, 5) is 13.9. The smallest absolute Gasteiger partial charge is 0.224 e. The molecule has 1 aromatic carbocycles. The van der Waals surface area contributed by atoms with Crippen molar-refractivity contribution in [2.75, 3.05) is 36.4 Å². The van der Waals surface area contributed by atoms with Crippen molar-refractivity contribution in [1.29, 1.82) is 0 Å². The average Bonchev–Trinajstić information content (AvgIpc) is 2.40. The van der Waals surface area contributed by atoms with Crippen LogP contribution in [-0.2, 0) is 11.2 Å². The molecule has 3 rings (SSSR count). The molecular weight excluding hydrogens is 306 g/mol. The second-order valence-electron chi connectivity index (χ2n) is 5.08. The lowest BCUT2D eigenvalue weighted by atomic mass is 9.98. The molecule has 0 aliphatic carbocycles. The van der Waals surface area contributed by atoms with Gasteiger partial charge in [-0.1, -0.05) is 0 Å². The van der Waals surface area contributed by atoms with Crippen LogP contribution in [0.1, 0.15) is 17.5 Å². The number of nitrogens with zero attached hydrogens (tertiary/aromatic N) is 1. The number of piperazine rings is 1. The van der Waals surface area contributed by atoms with Gasteiger partial charge in [0, 0.05) is 44.0 Å². The van der Waals surface area contributed by atoms with E-state index in [0.29, 0.717) is 6.42 Å². The summed E-state index contributed by atoms with van der Waals surface area (Å²) in [5, 5.41) is 6.36. The van der Waals surface area contributed by atoms with Gasteiger partial charge < -0.3 is 15.5 Å². The number of carbonyl (C=O) groups excluding carboxylic acids is 1. The Morgan fingerprint density at radius 2 is 1.89 bits per heavy atom. The highest BCUT2D eigenvalue weighted by atomic mass is 79.9. The average molecular weight is 326 g/mol. The van der Waals surface area contributed by atoms with Crippen LogP contribution in [0.2, 0.25) is 0 Å². The fourth-order valence-corrected chi connectivity index (χ4v) is 2.77. The first-order valence-electron chi connectivity index (χ1n) is 6.63. The number of fused-ring (bicyclic) bond motifs is 1.